The van der Waals surface area contributed by atoms with Gasteiger partial charge in [-0.25, -0.2) is 44.1 Å². The summed E-state index contributed by atoms with van der Waals surface area (Å²) in [5.74, 6) is -10.3. The van der Waals surface area contributed by atoms with Crippen LogP contribution in [0.2, 0.25) is 0 Å². The zero-order chi connectivity index (χ0) is 68.4. The van der Waals surface area contributed by atoms with E-state index < -0.39 is 54.4 Å². The molecule has 5 heterocycles. The maximum Gasteiger partial charge on any atom is 0.490 e. The number of benzene rings is 1. The quantitative estimate of drug-likeness (QED) is 0.0219. The molecule has 31 nitrogen and oxygen atoms in total. The number of thiazole rings is 1. The van der Waals surface area contributed by atoms with Crippen LogP contribution in [-0.4, -0.2) is 213 Å². The van der Waals surface area contributed by atoms with E-state index in [1.165, 1.54) is 11.3 Å². The van der Waals surface area contributed by atoms with Crippen LogP contribution in [0.15, 0.2) is 73.3 Å². The molecule has 502 valence electrons. The summed E-state index contributed by atoms with van der Waals surface area (Å²) in [6.07, 6.45) is -9.08. The molecule has 92 heavy (non-hydrogen) atoms. The zero-order valence-electron chi connectivity index (χ0n) is 47.8. The number of aliphatic carboxylic acids is 4. The fourth-order valence-electron chi connectivity index (χ4n) is 6.35. The molecule has 1 atom stereocenters. The van der Waals surface area contributed by atoms with Crippen molar-refractivity contribution in [1.29, 1.82) is 0 Å². The fourth-order valence-corrected chi connectivity index (χ4v) is 7.23. The van der Waals surface area contributed by atoms with Crippen molar-refractivity contribution in [3.05, 3.63) is 89.5 Å². The zero-order valence-corrected chi connectivity index (χ0v) is 48.6. The number of carboxylic acid groups (broad SMARTS) is 4. The summed E-state index contributed by atoms with van der Waals surface area (Å²) in [6, 6.07) is 12.4. The van der Waals surface area contributed by atoms with Crippen LogP contribution in [0.5, 0.6) is 0 Å². The van der Waals surface area contributed by atoms with E-state index in [0.717, 1.165) is 5.69 Å². The number of hydrogen-bond donors (Lipinski definition) is 10. The van der Waals surface area contributed by atoms with Crippen molar-refractivity contribution in [3.8, 4) is 11.4 Å². The van der Waals surface area contributed by atoms with Gasteiger partial charge in [-0.15, -0.1) is 0 Å². The normalized spacial score (nSPS) is 11.5. The van der Waals surface area contributed by atoms with Crippen molar-refractivity contribution in [2.45, 2.75) is 44.0 Å². The van der Waals surface area contributed by atoms with Gasteiger partial charge in [-0.3, -0.25) is 19.4 Å². The molecule has 6 aromatic rings. The number of hydrogen-bond acceptors (Lipinski definition) is 25. The van der Waals surface area contributed by atoms with E-state index in [9.17, 15) is 63.8 Å². The number of ether oxygens (including phenoxy) is 5. The van der Waals surface area contributed by atoms with Crippen LogP contribution in [0.25, 0.3) is 22.6 Å². The van der Waals surface area contributed by atoms with E-state index in [1.54, 1.807) is 67.3 Å². The molecule has 3 amide bonds. The number of carbonyl (C=O) groups is 7. The molecule has 0 saturated heterocycles. The van der Waals surface area contributed by atoms with Crippen molar-refractivity contribution >= 4 is 92.6 Å². The smallest absolute Gasteiger partial charge is 0.480 e. The molecule has 0 bridgehead atoms. The van der Waals surface area contributed by atoms with Gasteiger partial charge in [-0.1, -0.05) is 17.4 Å². The lowest BCUT2D eigenvalue weighted by atomic mass is 10.1. The number of nitrogen functional groups attached to an aromatic ring is 2. The van der Waals surface area contributed by atoms with Crippen LogP contribution in [0.1, 0.15) is 38.6 Å². The first-order valence-corrected chi connectivity index (χ1v) is 26.9. The molecule has 41 heteroatoms. The van der Waals surface area contributed by atoms with Crippen molar-refractivity contribution in [3.63, 3.8) is 0 Å². The molecule has 0 aliphatic rings. The number of aromatic nitrogens is 8. The van der Waals surface area contributed by atoms with Gasteiger partial charge in [0.25, 0.3) is 11.8 Å². The fraction of sp³-hybridized carbons (Fsp3) is 0.392. The lowest BCUT2D eigenvalue weighted by Crippen LogP contribution is -2.41. The van der Waals surface area contributed by atoms with E-state index in [-0.39, 0.29) is 73.9 Å². The number of carboxylic acids is 4. The van der Waals surface area contributed by atoms with E-state index in [1.807, 2.05) is 18.0 Å². The Hall–Kier alpha value is -9.84. The molecule has 0 aliphatic carbocycles. The number of nitrogens with two attached hydrogens (primary N) is 2. The number of halogens is 9. The maximum absolute atomic E-state index is 13.1. The topological polar surface area (TPSA) is 453 Å². The lowest BCUT2D eigenvalue weighted by Gasteiger charge is -2.19. The third kappa shape index (κ3) is 29.6. The highest BCUT2D eigenvalue weighted by atomic mass is 32.1. The number of fused-ring (bicyclic) bond motifs is 1. The molecule has 0 saturated carbocycles. The number of rotatable bonds is 31. The number of pyridine rings is 1. The highest BCUT2D eigenvalue weighted by Crippen LogP contribution is 2.31. The van der Waals surface area contributed by atoms with Gasteiger partial charge in [0.05, 0.1) is 90.2 Å². The minimum Gasteiger partial charge on any atom is -0.480 e. The Balaban J connectivity index is 0.000000900. The van der Waals surface area contributed by atoms with Gasteiger partial charge in [0, 0.05) is 56.4 Å². The average molecular weight is 1340 g/mol. The van der Waals surface area contributed by atoms with Gasteiger partial charge in [-0.05, 0) is 48.9 Å². The highest BCUT2D eigenvalue weighted by Gasteiger charge is 2.39. The summed E-state index contributed by atoms with van der Waals surface area (Å²) in [5.41, 5.74) is 14.8. The molecule has 0 aliphatic heterocycles. The molecule has 1 aromatic carbocycles. The molecule has 1 unspecified atom stereocenters. The number of anilines is 5. The number of nitrogens with one attached hydrogen (secondary N) is 4. The highest BCUT2D eigenvalue weighted by molar-refractivity contribution is 7.18. The van der Waals surface area contributed by atoms with Crippen LogP contribution in [0.4, 0.5) is 68.0 Å². The molecule has 0 spiro atoms. The van der Waals surface area contributed by atoms with Gasteiger partial charge in [0.15, 0.2) is 22.1 Å². The predicted molar refractivity (Wildman–Crippen MR) is 302 cm³/mol. The second-order valence-corrected chi connectivity index (χ2v) is 18.5. The van der Waals surface area contributed by atoms with E-state index in [4.69, 9.17) is 64.9 Å². The van der Waals surface area contributed by atoms with E-state index in [0.29, 0.717) is 98.0 Å². The SMILES string of the molecule is CN(Cc1cnc2nc(N)nc(N)c2n1)c1ccc(C(=O)NC(CCC(=O)NCCOCCOCCOCCOCCOCCNC(=O)c2sc(Nc3ncccn3)nc2-c2ccccn2)C(=O)O)cc1.O=C(O)C(F)(F)F.O=C(O)C(F)(F)F.O=C(O)C(F)(F)F. The monoisotopic (exact) mass is 1340 g/mol. The van der Waals surface area contributed by atoms with Crippen LogP contribution in [0, 0.1) is 0 Å². The second kappa shape index (κ2) is 38.6. The van der Waals surface area contributed by atoms with E-state index >= 15 is 0 Å². The van der Waals surface area contributed by atoms with Crippen molar-refractivity contribution in [2.24, 2.45) is 0 Å². The summed E-state index contributed by atoms with van der Waals surface area (Å²) in [4.78, 5) is 113. The molecular weight excluding hydrogens is 1280 g/mol. The molecule has 12 N–H and O–H groups in total. The third-order valence-corrected chi connectivity index (χ3v) is 11.5. The number of alkyl halides is 9. The number of carbonyl (C=O) groups excluding carboxylic acids is 3. The average Bonchev–Trinajstić information content (AvgIpc) is 1.40. The Kier molecular flexibility index (Phi) is 32.1. The first-order valence-electron chi connectivity index (χ1n) is 26.1. The Bertz CT molecular complexity index is 3250. The summed E-state index contributed by atoms with van der Waals surface area (Å²) in [5, 5.41) is 42.6. The Morgan fingerprint density at radius 2 is 1.11 bits per heavy atom. The Labute approximate surface area is 517 Å². The van der Waals surface area contributed by atoms with E-state index in [2.05, 4.69) is 61.1 Å². The van der Waals surface area contributed by atoms with Gasteiger partial charge in [-0.2, -0.15) is 49.5 Å². The van der Waals surface area contributed by atoms with Gasteiger partial charge >= 0.3 is 42.4 Å². The summed E-state index contributed by atoms with van der Waals surface area (Å²) < 4.78 is 123. The molecule has 6 rings (SSSR count). The second-order valence-electron chi connectivity index (χ2n) is 17.5. The number of nitrogens with zero attached hydrogens (tertiary/aromatic N) is 9. The lowest BCUT2D eigenvalue weighted by molar-refractivity contribution is -0.193. The molecule has 0 fully saturated rings. The van der Waals surface area contributed by atoms with Gasteiger partial charge in [0.2, 0.25) is 17.8 Å². The predicted octanol–water partition coefficient (Wildman–Crippen LogP) is 3.77. The molecule has 5 aromatic heterocycles. The maximum atomic E-state index is 13.1. The molecular formula is C51H58F9N15O16S. The summed E-state index contributed by atoms with van der Waals surface area (Å²) >= 11 is 1.17. The summed E-state index contributed by atoms with van der Waals surface area (Å²) in [6.45, 7) is 4.16. The molecule has 0 radical (unpaired) electrons. The van der Waals surface area contributed by atoms with Crippen LogP contribution in [-0.2, 0) is 54.2 Å². The minimum atomic E-state index is -5.08. The van der Waals surface area contributed by atoms with Crippen LogP contribution < -0.4 is 37.6 Å². The van der Waals surface area contributed by atoms with Crippen molar-refractivity contribution in [1.82, 2.24) is 55.8 Å². The van der Waals surface area contributed by atoms with Gasteiger partial charge in [0.1, 0.15) is 16.6 Å². The number of amides is 3. The minimum absolute atomic E-state index is 0.00491. The Morgan fingerprint density at radius 1 is 0.609 bits per heavy atom. The van der Waals surface area contributed by atoms with Crippen molar-refractivity contribution in [2.75, 3.05) is 108 Å². The van der Waals surface area contributed by atoms with Gasteiger partial charge < -0.3 is 81.7 Å². The van der Waals surface area contributed by atoms with Crippen LogP contribution >= 0.6 is 11.3 Å². The van der Waals surface area contributed by atoms with Crippen molar-refractivity contribution < 1.29 is 117 Å². The summed E-state index contributed by atoms with van der Waals surface area (Å²) in [7, 11) is 1.83. The Morgan fingerprint density at radius 3 is 1.60 bits per heavy atom. The third-order valence-electron chi connectivity index (χ3n) is 10.6. The largest absolute Gasteiger partial charge is 0.490 e. The first kappa shape index (κ1) is 76.4. The first-order chi connectivity index (χ1) is 43.4. The standard InChI is InChI=1S/C45H55N15O10S.3C2HF3O2/c1-60(28-30-27-53-39-36(54-30)38(46)57-43(47)58-39)31-8-6-29(7-9-31)40(62)55-33(42(64)65)10-11-34(61)49-15-17-66-19-21-68-23-25-70-26-24-69-22-20-67-18-16-50-41(63)37-35(32-5-2-3-12-48-32)56-45(71-37)59-44-51-13-4-14-52-44;3*3-2(4,5)1(6)7/h2-9,12-14,27,33H,10-11,15-26,28H2,1H3,(H,49,61)(H,50,63)(H,55,62)(H,64,65)(H,51,52,56,59)(H4,46,47,53,57,58);3*(H,6,7). The van der Waals surface area contributed by atoms with Crippen LogP contribution in [0.3, 0.4) is 0 Å².